The molecule has 0 unspecified atom stereocenters. The van der Waals surface area contributed by atoms with Gasteiger partial charge in [-0.15, -0.1) is 17.0 Å². The van der Waals surface area contributed by atoms with Crippen molar-refractivity contribution in [3.63, 3.8) is 0 Å². The first-order valence-electron chi connectivity index (χ1n) is 3.99. The van der Waals surface area contributed by atoms with Gasteiger partial charge in [0, 0.05) is 11.2 Å². The third-order valence-corrected chi connectivity index (χ3v) is 1.92. The van der Waals surface area contributed by atoms with Gasteiger partial charge in [-0.25, -0.2) is 0 Å². The molecule has 0 radical (unpaired) electrons. The number of carbonyl (C=O) groups is 1. The summed E-state index contributed by atoms with van der Waals surface area (Å²) in [6.07, 6.45) is 0. The summed E-state index contributed by atoms with van der Waals surface area (Å²) in [6, 6.07) is 0. The zero-order chi connectivity index (χ0) is 9.72. The topological polar surface area (TPSA) is 53.0 Å². The fourth-order valence-electron chi connectivity index (χ4n) is 0.521. The van der Waals surface area contributed by atoms with Crippen LogP contribution in [0.5, 0.6) is 0 Å². The minimum absolute atomic E-state index is 0. The van der Waals surface area contributed by atoms with Crippen molar-refractivity contribution in [2.24, 2.45) is 5.92 Å². The molecule has 0 spiro atoms. The number of rotatable bonds is 2. The Morgan fingerprint density at radius 1 is 1.31 bits per heavy atom. The van der Waals surface area contributed by atoms with Crippen LogP contribution in [0.1, 0.15) is 27.7 Å². The van der Waals surface area contributed by atoms with Gasteiger partial charge in [0.1, 0.15) is 0 Å². The maximum atomic E-state index is 11.1. The van der Waals surface area contributed by atoms with E-state index in [1.807, 2.05) is 27.7 Å². The first-order valence-corrected chi connectivity index (χ1v) is 4.87. The summed E-state index contributed by atoms with van der Waals surface area (Å²) in [4.78, 5) is 11.1. The molecule has 0 aromatic rings. The molecule has 5 heteroatoms. The van der Waals surface area contributed by atoms with E-state index in [0.29, 0.717) is 5.25 Å². The van der Waals surface area contributed by atoms with Crippen molar-refractivity contribution >= 4 is 39.8 Å². The van der Waals surface area contributed by atoms with Crippen molar-refractivity contribution in [1.82, 2.24) is 5.32 Å². The second kappa shape index (κ2) is 7.38. The van der Waals surface area contributed by atoms with Crippen LogP contribution in [0, 0.1) is 11.3 Å². The Kier molecular flexibility index (Phi) is 8.77. The van der Waals surface area contributed by atoms with E-state index in [9.17, 15) is 4.79 Å². The number of thioether (sulfide) groups is 1. The Bertz CT molecular complexity index is 183. The predicted octanol–water partition coefficient (Wildman–Crippen LogP) is 2.41. The van der Waals surface area contributed by atoms with Crippen LogP contribution in [0.25, 0.3) is 0 Å². The van der Waals surface area contributed by atoms with Crippen molar-refractivity contribution < 1.29 is 4.79 Å². The molecule has 13 heavy (non-hydrogen) atoms. The van der Waals surface area contributed by atoms with Crippen LogP contribution in [-0.2, 0) is 4.79 Å². The lowest BCUT2D eigenvalue weighted by molar-refractivity contribution is -0.122. The summed E-state index contributed by atoms with van der Waals surface area (Å²) in [7, 11) is 0. The van der Waals surface area contributed by atoms with Crippen LogP contribution < -0.4 is 5.32 Å². The molecule has 0 bridgehead atoms. The fraction of sp³-hybridized carbons (Fsp3) is 0.750. The highest BCUT2D eigenvalue weighted by Gasteiger charge is 2.09. The second-order valence-corrected chi connectivity index (χ2v) is 4.73. The number of halogens is 1. The standard InChI is InChI=1S/C8H16N2OS.BrH/c1-5(2)7(11)10-8(9)12-6(3)4;/h5-6H,1-4H3,(H2,9,10,11);1H. The van der Waals surface area contributed by atoms with E-state index in [4.69, 9.17) is 5.41 Å². The van der Waals surface area contributed by atoms with E-state index in [1.165, 1.54) is 11.8 Å². The molecule has 0 heterocycles. The predicted molar refractivity (Wildman–Crippen MR) is 63.8 cm³/mol. The van der Waals surface area contributed by atoms with E-state index in [0.717, 1.165) is 0 Å². The Hall–Kier alpha value is -0.0300. The van der Waals surface area contributed by atoms with Gasteiger partial charge in [0.25, 0.3) is 0 Å². The zero-order valence-electron chi connectivity index (χ0n) is 8.38. The molecule has 0 atom stereocenters. The van der Waals surface area contributed by atoms with Gasteiger partial charge in [0.2, 0.25) is 5.91 Å². The number of amidine groups is 1. The molecule has 0 aromatic heterocycles. The third kappa shape index (κ3) is 8.30. The van der Waals surface area contributed by atoms with Crippen LogP contribution in [0.15, 0.2) is 0 Å². The average molecular weight is 269 g/mol. The average Bonchev–Trinajstić information content (AvgIpc) is 1.84. The molecule has 0 aliphatic carbocycles. The van der Waals surface area contributed by atoms with E-state index in [1.54, 1.807) is 0 Å². The lowest BCUT2D eigenvalue weighted by Crippen LogP contribution is -2.31. The Morgan fingerprint density at radius 3 is 2.08 bits per heavy atom. The molecule has 0 fully saturated rings. The summed E-state index contributed by atoms with van der Waals surface area (Å²) in [5.74, 6) is -0.147. The summed E-state index contributed by atoms with van der Waals surface area (Å²) >= 11 is 1.35. The maximum absolute atomic E-state index is 11.1. The minimum Gasteiger partial charge on any atom is -0.305 e. The highest BCUT2D eigenvalue weighted by molar-refractivity contribution is 8.93. The van der Waals surface area contributed by atoms with Gasteiger partial charge in [0.15, 0.2) is 5.17 Å². The molecule has 0 saturated heterocycles. The Morgan fingerprint density at radius 2 is 1.77 bits per heavy atom. The van der Waals surface area contributed by atoms with Gasteiger partial charge >= 0.3 is 0 Å². The van der Waals surface area contributed by atoms with Crippen LogP contribution in [-0.4, -0.2) is 16.3 Å². The zero-order valence-corrected chi connectivity index (χ0v) is 10.9. The van der Waals surface area contributed by atoms with Gasteiger partial charge in [-0.05, 0) is 0 Å². The lowest BCUT2D eigenvalue weighted by Gasteiger charge is -2.09. The summed E-state index contributed by atoms with van der Waals surface area (Å²) in [5.41, 5.74) is 0. The van der Waals surface area contributed by atoms with Gasteiger partial charge in [-0.1, -0.05) is 39.5 Å². The highest BCUT2D eigenvalue weighted by Crippen LogP contribution is 2.08. The normalized spacial score (nSPS) is 9.69. The Labute approximate surface area is 94.3 Å². The molecule has 3 nitrogen and oxygen atoms in total. The van der Waals surface area contributed by atoms with E-state index in [2.05, 4.69) is 5.32 Å². The number of hydrogen-bond acceptors (Lipinski definition) is 3. The number of hydrogen-bond donors (Lipinski definition) is 2. The third-order valence-electron chi connectivity index (χ3n) is 1.11. The Balaban J connectivity index is 0. The van der Waals surface area contributed by atoms with Crippen molar-refractivity contribution in [2.45, 2.75) is 32.9 Å². The molecule has 0 saturated carbocycles. The molecule has 0 aliphatic heterocycles. The molecular weight excluding hydrogens is 252 g/mol. The summed E-state index contributed by atoms with van der Waals surface area (Å²) < 4.78 is 0. The van der Waals surface area contributed by atoms with Crippen molar-refractivity contribution in [3.8, 4) is 0 Å². The van der Waals surface area contributed by atoms with Crippen molar-refractivity contribution in [1.29, 1.82) is 5.41 Å². The first-order chi connectivity index (χ1) is 5.43. The number of amides is 1. The number of nitrogens with one attached hydrogen (secondary N) is 2. The monoisotopic (exact) mass is 268 g/mol. The van der Waals surface area contributed by atoms with Crippen LogP contribution in [0.2, 0.25) is 0 Å². The van der Waals surface area contributed by atoms with E-state index < -0.39 is 0 Å². The molecule has 78 valence electrons. The van der Waals surface area contributed by atoms with E-state index in [-0.39, 0.29) is 34.0 Å². The van der Waals surface area contributed by atoms with Gasteiger partial charge in [-0.2, -0.15) is 0 Å². The summed E-state index contributed by atoms with van der Waals surface area (Å²) in [6.45, 7) is 7.59. The largest absolute Gasteiger partial charge is 0.305 e. The van der Waals surface area contributed by atoms with Crippen molar-refractivity contribution in [3.05, 3.63) is 0 Å². The number of carbonyl (C=O) groups excluding carboxylic acids is 1. The molecule has 1 amide bonds. The second-order valence-electron chi connectivity index (χ2n) is 3.14. The van der Waals surface area contributed by atoms with Gasteiger partial charge in [-0.3, -0.25) is 10.2 Å². The highest BCUT2D eigenvalue weighted by atomic mass is 79.9. The first kappa shape index (κ1) is 15.4. The van der Waals surface area contributed by atoms with Crippen molar-refractivity contribution in [2.75, 3.05) is 0 Å². The molecule has 2 N–H and O–H groups in total. The van der Waals surface area contributed by atoms with Gasteiger partial charge in [0.05, 0.1) is 0 Å². The molecule has 0 rings (SSSR count). The van der Waals surface area contributed by atoms with Crippen LogP contribution in [0.3, 0.4) is 0 Å². The molecule has 0 aliphatic rings. The minimum atomic E-state index is -0.0897. The van der Waals surface area contributed by atoms with Crippen LogP contribution >= 0.6 is 28.7 Å². The fourth-order valence-corrected chi connectivity index (χ4v) is 1.15. The quantitative estimate of drug-likeness (QED) is 0.597. The smallest absolute Gasteiger partial charge is 0.228 e. The summed E-state index contributed by atoms with van der Waals surface area (Å²) in [5, 5.41) is 10.5. The van der Waals surface area contributed by atoms with E-state index >= 15 is 0 Å². The molecule has 0 aromatic carbocycles. The van der Waals surface area contributed by atoms with Gasteiger partial charge < -0.3 is 5.32 Å². The lowest BCUT2D eigenvalue weighted by atomic mass is 10.2. The molecular formula is C8H17BrN2OS. The SMILES string of the molecule is Br.CC(C)SC(=N)NC(=O)C(C)C. The maximum Gasteiger partial charge on any atom is 0.228 e. The van der Waals surface area contributed by atoms with Crippen LogP contribution in [0.4, 0.5) is 0 Å².